The Labute approximate surface area is 109 Å². The molecular formula is C10H15BrClN3O. The van der Waals surface area contributed by atoms with E-state index in [1.54, 1.807) is 6.20 Å². The van der Waals surface area contributed by atoms with Gasteiger partial charge in [0, 0.05) is 25.4 Å². The van der Waals surface area contributed by atoms with Gasteiger partial charge in [-0.3, -0.25) is 0 Å². The number of aliphatic hydroxyl groups excluding tert-OH is 1. The standard InChI is InChI=1S/C10H15BrClN3O/c1-7(2)15(4-3-5-16)9-8(11)6-13-10(12)14-9/h6-7,16H,3-5H2,1-2H3. The molecule has 0 atom stereocenters. The van der Waals surface area contributed by atoms with Crippen molar-refractivity contribution >= 4 is 33.3 Å². The fraction of sp³-hybridized carbons (Fsp3) is 0.600. The molecule has 0 aliphatic rings. The third-order valence-corrected chi connectivity index (χ3v) is 2.89. The van der Waals surface area contributed by atoms with Crippen molar-refractivity contribution in [3.05, 3.63) is 16.0 Å². The zero-order chi connectivity index (χ0) is 12.1. The van der Waals surface area contributed by atoms with Crippen molar-refractivity contribution in [3.63, 3.8) is 0 Å². The summed E-state index contributed by atoms with van der Waals surface area (Å²) >= 11 is 9.18. The van der Waals surface area contributed by atoms with Crippen LogP contribution < -0.4 is 4.90 Å². The number of aromatic nitrogens is 2. The number of nitrogens with zero attached hydrogens (tertiary/aromatic N) is 3. The van der Waals surface area contributed by atoms with E-state index in [2.05, 4.69) is 44.6 Å². The van der Waals surface area contributed by atoms with Crippen molar-refractivity contribution in [3.8, 4) is 0 Å². The first-order chi connectivity index (χ1) is 7.56. The third-order valence-electron chi connectivity index (χ3n) is 2.15. The lowest BCUT2D eigenvalue weighted by Gasteiger charge is -2.28. The monoisotopic (exact) mass is 307 g/mol. The molecule has 0 aromatic carbocycles. The van der Waals surface area contributed by atoms with Crippen molar-refractivity contribution < 1.29 is 5.11 Å². The van der Waals surface area contributed by atoms with E-state index < -0.39 is 0 Å². The van der Waals surface area contributed by atoms with Crippen LogP contribution in [-0.2, 0) is 0 Å². The molecule has 1 aromatic heterocycles. The Balaban J connectivity index is 2.95. The van der Waals surface area contributed by atoms with Crippen molar-refractivity contribution in [1.29, 1.82) is 0 Å². The van der Waals surface area contributed by atoms with Crippen molar-refractivity contribution in [1.82, 2.24) is 9.97 Å². The van der Waals surface area contributed by atoms with Gasteiger partial charge in [0.05, 0.1) is 4.47 Å². The van der Waals surface area contributed by atoms with Crippen molar-refractivity contribution in [2.45, 2.75) is 26.3 Å². The maximum Gasteiger partial charge on any atom is 0.224 e. The third kappa shape index (κ3) is 3.57. The lowest BCUT2D eigenvalue weighted by atomic mass is 10.3. The van der Waals surface area contributed by atoms with Gasteiger partial charge in [0.1, 0.15) is 5.82 Å². The minimum Gasteiger partial charge on any atom is -0.396 e. The molecule has 1 aromatic rings. The molecule has 0 saturated heterocycles. The topological polar surface area (TPSA) is 49.2 Å². The van der Waals surface area contributed by atoms with E-state index in [0.29, 0.717) is 6.42 Å². The molecule has 0 amide bonds. The van der Waals surface area contributed by atoms with E-state index in [1.165, 1.54) is 0 Å². The second-order valence-corrected chi connectivity index (χ2v) is 4.87. The van der Waals surface area contributed by atoms with E-state index >= 15 is 0 Å². The molecule has 1 rings (SSSR count). The minimum atomic E-state index is 0.166. The van der Waals surface area contributed by atoms with E-state index in [4.69, 9.17) is 16.7 Å². The van der Waals surface area contributed by atoms with Gasteiger partial charge in [0.25, 0.3) is 0 Å². The average molecular weight is 309 g/mol. The number of hydrogen-bond acceptors (Lipinski definition) is 4. The highest BCUT2D eigenvalue weighted by Crippen LogP contribution is 2.25. The van der Waals surface area contributed by atoms with Crippen LogP contribution in [0.4, 0.5) is 5.82 Å². The van der Waals surface area contributed by atoms with Crippen molar-refractivity contribution in [2.75, 3.05) is 18.1 Å². The predicted molar refractivity (Wildman–Crippen MR) is 68.9 cm³/mol. The van der Waals surface area contributed by atoms with Crippen LogP contribution in [0.25, 0.3) is 0 Å². The molecule has 0 unspecified atom stereocenters. The average Bonchev–Trinajstić information content (AvgIpc) is 2.23. The van der Waals surface area contributed by atoms with Gasteiger partial charge in [-0.05, 0) is 47.8 Å². The summed E-state index contributed by atoms with van der Waals surface area (Å²) < 4.78 is 0.809. The Bertz CT molecular complexity index is 349. The second kappa shape index (κ2) is 6.37. The van der Waals surface area contributed by atoms with Gasteiger partial charge >= 0.3 is 0 Å². The van der Waals surface area contributed by atoms with Crippen LogP contribution in [0.3, 0.4) is 0 Å². The highest BCUT2D eigenvalue weighted by Gasteiger charge is 2.15. The molecular weight excluding hydrogens is 293 g/mol. The van der Waals surface area contributed by atoms with Crippen LogP contribution in [0.5, 0.6) is 0 Å². The largest absolute Gasteiger partial charge is 0.396 e. The Kier molecular flexibility index (Phi) is 5.44. The number of halogens is 2. The summed E-state index contributed by atoms with van der Waals surface area (Å²) in [6, 6.07) is 0.286. The molecule has 0 aliphatic carbocycles. The fourth-order valence-corrected chi connectivity index (χ4v) is 1.94. The number of hydrogen-bond donors (Lipinski definition) is 1. The van der Waals surface area contributed by atoms with Gasteiger partial charge in [-0.2, -0.15) is 4.98 Å². The summed E-state index contributed by atoms with van der Waals surface area (Å²) in [5, 5.41) is 9.10. The number of aliphatic hydroxyl groups is 1. The molecule has 0 radical (unpaired) electrons. The maximum atomic E-state index is 8.87. The minimum absolute atomic E-state index is 0.166. The van der Waals surface area contributed by atoms with Crippen LogP contribution in [-0.4, -0.2) is 34.3 Å². The van der Waals surface area contributed by atoms with Gasteiger partial charge in [-0.15, -0.1) is 0 Å². The Morgan fingerprint density at radius 3 is 2.81 bits per heavy atom. The summed E-state index contributed by atoms with van der Waals surface area (Å²) in [4.78, 5) is 10.2. The van der Waals surface area contributed by atoms with Crippen LogP contribution >= 0.6 is 27.5 Å². The van der Waals surface area contributed by atoms with Gasteiger partial charge in [0.15, 0.2) is 0 Å². The van der Waals surface area contributed by atoms with Gasteiger partial charge < -0.3 is 10.0 Å². The molecule has 16 heavy (non-hydrogen) atoms. The first kappa shape index (κ1) is 13.7. The van der Waals surface area contributed by atoms with Crippen LogP contribution in [0.1, 0.15) is 20.3 Å². The van der Waals surface area contributed by atoms with Gasteiger partial charge in [0.2, 0.25) is 5.28 Å². The lowest BCUT2D eigenvalue weighted by molar-refractivity contribution is 0.288. The maximum absolute atomic E-state index is 8.87. The van der Waals surface area contributed by atoms with E-state index in [-0.39, 0.29) is 17.9 Å². The molecule has 1 N–H and O–H groups in total. The molecule has 0 spiro atoms. The molecule has 0 aliphatic heterocycles. The molecule has 6 heteroatoms. The SMILES string of the molecule is CC(C)N(CCCO)c1nc(Cl)ncc1Br. The number of anilines is 1. The second-order valence-electron chi connectivity index (χ2n) is 3.67. The normalized spacial score (nSPS) is 10.9. The highest BCUT2D eigenvalue weighted by atomic mass is 79.9. The Hall–Kier alpha value is -0.390. The molecule has 90 valence electrons. The molecule has 4 nitrogen and oxygen atoms in total. The summed E-state index contributed by atoms with van der Waals surface area (Å²) in [6.45, 7) is 5.04. The summed E-state index contributed by atoms with van der Waals surface area (Å²) in [7, 11) is 0. The first-order valence-electron chi connectivity index (χ1n) is 5.11. The van der Waals surface area contributed by atoms with E-state index in [9.17, 15) is 0 Å². The molecule has 0 fully saturated rings. The lowest BCUT2D eigenvalue weighted by Crippen LogP contribution is -2.33. The Morgan fingerprint density at radius 2 is 2.25 bits per heavy atom. The van der Waals surface area contributed by atoms with E-state index in [0.717, 1.165) is 16.8 Å². The van der Waals surface area contributed by atoms with Crippen LogP contribution in [0.15, 0.2) is 10.7 Å². The zero-order valence-electron chi connectivity index (χ0n) is 9.32. The van der Waals surface area contributed by atoms with Gasteiger partial charge in [-0.1, -0.05) is 0 Å². The highest BCUT2D eigenvalue weighted by molar-refractivity contribution is 9.10. The van der Waals surface area contributed by atoms with Crippen LogP contribution in [0, 0.1) is 0 Å². The van der Waals surface area contributed by atoms with Crippen molar-refractivity contribution in [2.24, 2.45) is 0 Å². The summed E-state index contributed by atoms with van der Waals surface area (Å²) in [5.41, 5.74) is 0. The summed E-state index contributed by atoms with van der Waals surface area (Å²) in [5.74, 6) is 0.767. The molecule has 0 saturated carbocycles. The van der Waals surface area contributed by atoms with Gasteiger partial charge in [-0.25, -0.2) is 4.98 Å². The van der Waals surface area contributed by atoms with E-state index in [1.807, 2.05) is 0 Å². The summed E-state index contributed by atoms with van der Waals surface area (Å²) in [6.07, 6.45) is 2.34. The molecule has 1 heterocycles. The van der Waals surface area contributed by atoms with Crippen LogP contribution in [0.2, 0.25) is 5.28 Å². The smallest absolute Gasteiger partial charge is 0.224 e. The quantitative estimate of drug-likeness (QED) is 0.849. The fourth-order valence-electron chi connectivity index (χ4n) is 1.39. The Morgan fingerprint density at radius 1 is 1.56 bits per heavy atom. The predicted octanol–water partition coefficient (Wildman–Crippen LogP) is 2.49. The first-order valence-corrected chi connectivity index (χ1v) is 6.29. The zero-order valence-corrected chi connectivity index (χ0v) is 11.7. The number of rotatable bonds is 5. The molecule has 0 bridgehead atoms.